The van der Waals surface area contributed by atoms with Crippen LogP contribution in [0.3, 0.4) is 0 Å². The van der Waals surface area contributed by atoms with Crippen molar-refractivity contribution >= 4 is 15.8 Å². The Morgan fingerprint density at radius 3 is 2.10 bits per heavy atom. The van der Waals surface area contributed by atoms with Crippen LogP contribution in [0.1, 0.15) is 44.5 Å². The van der Waals surface area contributed by atoms with Crippen LogP contribution < -0.4 is 0 Å². The molecule has 1 N–H and O–H groups in total. The van der Waals surface area contributed by atoms with Gasteiger partial charge in [0.1, 0.15) is 0 Å². The second-order valence-electron chi connectivity index (χ2n) is 6.53. The van der Waals surface area contributed by atoms with Crippen LogP contribution in [0, 0.1) is 0 Å². The van der Waals surface area contributed by atoms with E-state index in [9.17, 15) is 13.2 Å². The van der Waals surface area contributed by atoms with E-state index in [0.717, 1.165) is 0 Å². The average molecular weight is 312 g/mol. The fraction of sp³-hybridized carbons (Fsp3) is 0.533. The predicted molar refractivity (Wildman–Crippen MR) is 78.2 cm³/mol. The summed E-state index contributed by atoms with van der Waals surface area (Å²) in [5.74, 6) is -1.08. The molecule has 0 radical (unpaired) electrons. The SMILES string of the molecule is CC1(C)CC(S(=O)(=O)c2ccc(C(=O)O)cc2)C(C)(C)O1. The second kappa shape index (κ2) is 4.81. The zero-order valence-electron chi connectivity index (χ0n) is 12.6. The smallest absolute Gasteiger partial charge is 0.335 e. The van der Waals surface area contributed by atoms with E-state index in [1.165, 1.54) is 24.3 Å². The van der Waals surface area contributed by atoms with Crippen molar-refractivity contribution < 1.29 is 23.1 Å². The van der Waals surface area contributed by atoms with Gasteiger partial charge in [0.25, 0.3) is 0 Å². The summed E-state index contributed by atoms with van der Waals surface area (Å²) < 4.78 is 31.4. The lowest BCUT2D eigenvalue weighted by atomic mass is 10.0. The monoisotopic (exact) mass is 312 g/mol. The predicted octanol–water partition coefficient (Wildman–Crippen LogP) is 2.50. The Kier molecular flexibility index (Phi) is 3.66. The molecule has 0 spiro atoms. The molecule has 1 aromatic carbocycles. The molecule has 1 unspecified atom stereocenters. The Balaban J connectivity index is 2.40. The summed E-state index contributed by atoms with van der Waals surface area (Å²) in [6, 6.07) is 5.31. The normalized spacial score (nSPS) is 23.9. The van der Waals surface area contributed by atoms with Gasteiger partial charge in [-0.05, 0) is 58.4 Å². The Hall–Kier alpha value is -1.40. The Labute approximate surface area is 124 Å². The van der Waals surface area contributed by atoms with Crippen LogP contribution in [0.2, 0.25) is 0 Å². The molecule has 0 saturated carbocycles. The minimum atomic E-state index is -3.58. The lowest BCUT2D eigenvalue weighted by molar-refractivity contribution is -0.0635. The molecule has 2 rings (SSSR count). The molecule has 1 fully saturated rings. The van der Waals surface area contributed by atoms with Crippen molar-refractivity contribution in [3.8, 4) is 0 Å². The highest BCUT2D eigenvalue weighted by Gasteiger charge is 2.52. The standard InChI is InChI=1S/C15H20O5S/c1-14(2)9-12(15(3,4)20-14)21(18,19)11-7-5-10(6-8-11)13(16)17/h5-8,12H,9H2,1-4H3,(H,16,17). The van der Waals surface area contributed by atoms with Crippen LogP contribution in [0.25, 0.3) is 0 Å². The number of rotatable bonds is 3. The third-order valence-corrected chi connectivity index (χ3v) is 6.21. The van der Waals surface area contributed by atoms with Gasteiger partial charge in [0.05, 0.1) is 26.9 Å². The molecular weight excluding hydrogens is 292 g/mol. The fourth-order valence-corrected chi connectivity index (χ4v) is 5.21. The molecule has 1 aliphatic rings. The summed E-state index contributed by atoms with van der Waals surface area (Å²) in [7, 11) is -3.58. The highest BCUT2D eigenvalue weighted by atomic mass is 32.2. The number of ether oxygens (including phenoxy) is 1. The summed E-state index contributed by atoms with van der Waals surface area (Å²) in [4.78, 5) is 11.0. The summed E-state index contributed by atoms with van der Waals surface area (Å²) in [5, 5.41) is 8.22. The van der Waals surface area contributed by atoms with E-state index in [1.54, 1.807) is 13.8 Å². The van der Waals surface area contributed by atoms with E-state index < -0.39 is 32.3 Å². The number of carbonyl (C=O) groups is 1. The molecule has 1 aromatic rings. The van der Waals surface area contributed by atoms with Crippen molar-refractivity contribution in [3.05, 3.63) is 29.8 Å². The van der Waals surface area contributed by atoms with Gasteiger partial charge in [-0.15, -0.1) is 0 Å². The maximum absolute atomic E-state index is 12.8. The van der Waals surface area contributed by atoms with Gasteiger partial charge in [0.15, 0.2) is 9.84 Å². The third kappa shape index (κ3) is 2.96. The molecule has 1 atom stereocenters. The van der Waals surface area contributed by atoms with Crippen LogP contribution in [0.4, 0.5) is 0 Å². The van der Waals surface area contributed by atoms with E-state index in [4.69, 9.17) is 9.84 Å². The highest BCUT2D eigenvalue weighted by Crippen LogP contribution is 2.42. The molecule has 116 valence electrons. The molecule has 6 heteroatoms. The first-order valence-corrected chi connectivity index (χ1v) is 8.28. The molecule has 21 heavy (non-hydrogen) atoms. The van der Waals surface area contributed by atoms with Gasteiger partial charge in [-0.1, -0.05) is 0 Å². The van der Waals surface area contributed by atoms with Crippen LogP contribution in [-0.4, -0.2) is 35.9 Å². The van der Waals surface area contributed by atoms with E-state index in [-0.39, 0.29) is 10.5 Å². The second-order valence-corrected chi connectivity index (χ2v) is 8.66. The van der Waals surface area contributed by atoms with E-state index in [2.05, 4.69) is 0 Å². The summed E-state index contributed by atoms with van der Waals surface area (Å²) in [6.45, 7) is 7.29. The van der Waals surface area contributed by atoms with Crippen LogP contribution in [-0.2, 0) is 14.6 Å². The number of hydrogen-bond donors (Lipinski definition) is 1. The Bertz CT molecular complexity index is 656. The molecule has 1 aliphatic heterocycles. The first kappa shape index (κ1) is 16.0. The third-order valence-electron chi connectivity index (χ3n) is 3.80. The topological polar surface area (TPSA) is 80.7 Å². The average Bonchev–Trinajstić information content (AvgIpc) is 2.58. The maximum atomic E-state index is 12.8. The summed E-state index contributed by atoms with van der Waals surface area (Å²) >= 11 is 0. The lowest BCUT2D eigenvalue weighted by Crippen LogP contribution is -2.38. The Morgan fingerprint density at radius 1 is 1.19 bits per heavy atom. The first-order valence-electron chi connectivity index (χ1n) is 6.73. The number of carboxylic acids is 1. The highest BCUT2D eigenvalue weighted by molar-refractivity contribution is 7.92. The van der Waals surface area contributed by atoms with Crippen molar-refractivity contribution in [1.82, 2.24) is 0 Å². The van der Waals surface area contributed by atoms with Crippen molar-refractivity contribution in [3.63, 3.8) is 0 Å². The quantitative estimate of drug-likeness (QED) is 0.927. The number of sulfone groups is 1. The van der Waals surface area contributed by atoms with Crippen molar-refractivity contribution in [1.29, 1.82) is 0 Å². The molecule has 1 saturated heterocycles. The molecule has 1 heterocycles. The zero-order chi connectivity index (χ0) is 16.1. The van der Waals surface area contributed by atoms with Gasteiger partial charge in [-0.25, -0.2) is 13.2 Å². The lowest BCUT2D eigenvalue weighted by Gasteiger charge is -2.27. The van der Waals surface area contributed by atoms with Crippen molar-refractivity contribution in [2.45, 2.75) is 55.5 Å². The van der Waals surface area contributed by atoms with Crippen LogP contribution in [0.5, 0.6) is 0 Å². The van der Waals surface area contributed by atoms with Gasteiger partial charge in [-0.2, -0.15) is 0 Å². The zero-order valence-corrected chi connectivity index (χ0v) is 13.4. The number of aromatic carboxylic acids is 1. The minimum Gasteiger partial charge on any atom is -0.478 e. The van der Waals surface area contributed by atoms with Gasteiger partial charge in [-0.3, -0.25) is 0 Å². The molecule has 5 nitrogen and oxygen atoms in total. The minimum absolute atomic E-state index is 0.0659. The van der Waals surface area contributed by atoms with Gasteiger partial charge >= 0.3 is 5.97 Å². The Morgan fingerprint density at radius 2 is 1.71 bits per heavy atom. The maximum Gasteiger partial charge on any atom is 0.335 e. The molecule has 0 bridgehead atoms. The molecule has 0 amide bonds. The van der Waals surface area contributed by atoms with Crippen molar-refractivity contribution in [2.24, 2.45) is 0 Å². The van der Waals surface area contributed by atoms with Crippen LogP contribution >= 0.6 is 0 Å². The molecular formula is C15H20O5S. The van der Waals surface area contributed by atoms with E-state index in [0.29, 0.717) is 6.42 Å². The summed E-state index contributed by atoms with van der Waals surface area (Å²) in [5.41, 5.74) is -1.22. The summed E-state index contributed by atoms with van der Waals surface area (Å²) in [6.07, 6.45) is 0.406. The van der Waals surface area contributed by atoms with Crippen LogP contribution in [0.15, 0.2) is 29.2 Å². The van der Waals surface area contributed by atoms with Gasteiger partial charge in [0.2, 0.25) is 0 Å². The van der Waals surface area contributed by atoms with Gasteiger partial charge in [0, 0.05) is 0 Å². The van der Waals surface area contributed by atoms with Gasteiger partial charge < -0.3 is 9.84 Å². The first-order chi connectivity index (χ1) is 9.46. The number of benzene rings is 1. The molecule has 0 aromatic heterocycles. The van der Waals surface area contributed by atoms with E-state index in [1.807, 2.05) is 13.8 Å². The fourth-order valence-electron chi connectivity index (χ4n) is 2.95. The largest absolute Gasteiger partial charge is 0.478 e. The number of carboxylic acid groups (broad SMARTS) is 1. The van der Waals surface area contributed by atoms with E-state index >= 15 is 0 Å². The van der Waals surface area contributed by atoms with Crippen molar-refractivity contribution in [2.75, 3.05) is 0 Å². The molecule has 0 aliphatic carbocycles. The number of hydrogen-bond acceptors (Lipinski definition) is 4.